The molecule has 9 heteroatoms. The minimum Gasteiger partial charge on any atom is -0.477 e. The molecule has 2 N–H and O–H groups in total. The number of aliphatic carboxylic acids is 1. The summed E-state index contributed by atoms with van der Waals surface area (Å²) in [4.78, 5) is 9.97. The van der Waals surface area contributed by atoms with Crippen LogP contribution >= 0.6 is 11.8 Å². The van der Waals surface area contributed by atoms with E-state index in [0.29, 0.717) is 0 Å². The van der Waals surface area contributed by atoms with Gasteiger partial charge in [0.25, 0.3) is 0 Å². The third-order valence-electron chi connectivity index (χ3n) is 2.06. The number of hydrogen-bond acceptors (Lipinski definition) is 3. The number of aliphatic hydroxyl groups is 1. The van der Waals surface area contributed by atoms with Gasteiger partial charge in [0.2, 0.25) is 0 Å². The number of carboxylic acid groups (broad SMARTS) is 1. The molecule has 106 valence electrons. The molecule has 19 heavy (non-hydrogen) atoms. The maximum Gasteiger partial charge on any atom is 0.446 e. The summed E-state index contributed by atoms with van der Waals surface area (Å²) in [7, 11) is 0. The predicted octanol–water partition coefficient (Wildman–Crippen LogP) is 3.05. The fraction of sp³-hybridized carbons (Fsp3) is 0.300. The molecule has 3 nitrogen and oxygen atoms in total. The summed E-state index contributed by atoms with van der Waals surface area (Å²) in [6.45, 7) is 0. The van der Waals surface area contributed by atoms with E-state index in [4.69, 9.17) is 5.11 Å². The fourth-order valence-corrected chi connectivity index (χ4v) is 1.72. The van der Waals surface area contributed by atoms with Gasteiger partial charge < -0.3 is 10.2 Å². The topological polar surface area (TPSA) is 57.5 Å². The van der Waals surface area contributed by atoms with Crippen LogP contribution in [0, 0.1) is 0 Å². The highest BCUT2D eigenvalue weighted by atomic mass is 32.2. The van der Waals surface area contributed by atoms with Crippen LogP contribution in [0.1, 0.15) is 11.7 Å². The lowest BCUT2D eigenvalue weighted by atomic mass is 10.0. The Labute approximate surface area is 108 Å². The van der Waals surface area contributed by atoms with Gasteiger partial charge >= 0.3 is 17.4 Å². The first-order valence-electron chi connectivity index (χ1n) is 4.69. The van der Waals surface area contributed by atoms with Crippen molar-refractivity contribution >= 4 is 17.7 Å². The van der Waals surface area contributed by atoms with E-state index in [-0.39, 0.29) is 4.90 Å². The number of hydrogen-bond donors (Lipinski definition) is 2. The van der Waals surface area contributed by atoms with E-state index in [1.54, 1.807) is 0 Å². The second-order valence-electron chi connectivity index (χ2n) is 3.45. The highest BCUT2D eigenvalue weighted by Crippen LogP contribution is 2.38. The van der Waals surface area contributed by atoms with Crippen molar-refractivity contribution < 1.29 is 37.0 Å². The summed E-state index contributed by atoms with van der Waals surface area (Å²) in [5.74, 6) is -6.94. The van der Waals surface area contributed by atoms with Crippen molar-refractivity contribution in [2.45, 2.75) is 22.4 Å². The number of aliphatic hydroxyl groups excluding tert-OH is 1. The Morgan fingerprint density at radius 3 is 1.95 bits per heavy atom. The molecule has 0 aliphatic heterocycles. The molecule has 0 heterocycles. The summed E-state index contributed by atoms with van der Waals surface area (Å²) in [6, 6.07) is 3.37. The van der Waals surface area contributed by atoms with Gasteiger partial charge in [0.1, 0.15) is 0 Å². The minimum atomic E-state index is -4.52. The molecule has 0 aromatic heterocycles. The number of thioether (sulfide) groups is 1. The van der Waals surface area contributed by atoms with Gasteiger partial charge in [-0.3, -0.25) is 0 Å². The number of halogens is 5. The van der Waals surface area contributed by atoms with E-state index < -0.39 is 40.8 Å². The van der Waals surface area contributed by atoms with Crippen LogP contribution in [0.2, 0.25) is 0 Å². The van der Waals surface area contributed by atoms with Crippen molar-refractivity contribution in [2.24, 2.45) is 0 Å². The largest absolute Gasteiger partial charge is 0.477 e. The molecule has 1 aromatic carbocycles. The molecule has 0 aliphatic rings. The third-order valence-corrected chi connectivity index (χ3v) is 2.80. The van der Waals surface area contributed by atoms with E-state index in [2.05, 4.69) is 0 Å². The first-order valence-corrected chi connectivity index (χ1v) is 5.50. The summed E-state index contributed by atoms with van der Waals surface area (Å²) >= 11 is -0.450. The van der Waals surface area contributed by atoms with Crippen molar-refractivity contribution in [2.75, 3.05) is 0 Å². The van der Waals surface area contributed by atoms with E-state index in [9.17, 15) is 31.9 Å². The van der Waals surface area contributed by atoms with E-state index in [0.717, 1.165) is 24.3 Å². The minimum absolute atomic E-state index is 0.262. The van der Waals surface area contributed by atoms with Gasteiger partial charge in [-0.2, -0.15) is 22.0 Å². The molecule has 0 bridgehead atoms. The zero-order chi connectivity index (χ0) is 14.8. The van der Waals surface area contributed by atoms with Crippen molar-refractivity contribution in [1.82, 2.24) is 0 Å². The second kappa shape index (κ2) is 5.33. The first kappa shape index (κ1) is 15.7. The van der Waals surface area contributed by atoms with Gasteiger partial charge in [0, 0.05) is 4.90 Å². The maximum absolute atomic E-state index is 13.0. The maximum atomic E-state index is 13.0. The lowest BCUT2D eigenvalue weighted by molar-refractivity contribution is -0.182. The number of benzene rings is 1. The van der Waals surface area contributed by atoms with E-state index >= 15 is 0 Å². The number of carbonyl (C=O) groups is 1. The van der Waals surface area contributed by atoms with Crippen LogP contribution in [0.4, 0.5) is 22.0 Å². The molecule has 0 radical (unpaired) electrons. The number of rotatable bonds is 4. The zero-order valence-corrected chi connectivity index (χ0v) is 9.80. The van der Waals surface area contributed by atoms with E-state index in [1.165, 1.54) is 0 Å². The Morgan fingerprint density at radius 1 is 1.11 bits per heavy atom. The zero-order valence-electron chi connectivity index (χ0n) is 8.99. The summed E-state index contributed by atoms with van der Waals surface area (Å²) < 4.78 is 62.0. The van der Waals surface area contributed by atoms with Crippen LogP contribution in [0.15, 0.2) is 29.2 Å². The summed E-state index contributed by atoms with van der Waals surface area (Å²) in [5.41, 5.74) is -5.01. The molecule has 0 saturated heterocycles. The Morgan fingerprint density at radius 2 is 1.58 bits per heavy atom. The van der Waals surface area contributed by atoms with Gasteiger partial charge in [0.15, 0.2) is 6.10 Å². The van der Waals surface area contributed by atoms with Crippen molar-refractivity contribution in [3.05, 3.63) is 29.8 Å². The van der Waals surface area contributed by atoms with Gasteiger partial charge in [-0.1, -0.05) is 12.1 Å². The van der Waals surface area contributed by atoms with Crippen molar-refractivity contribution in [3.63, 3.8) is 0 Å². The lowest BCUT2D eigenvalue weighted by Crippen LogP contribution is -2.35. The average molecular weight is 302 g/mol. The standard InChI is InChI=1S/C10H7F5O3S/c11-9(12,8(17)18)7(16)5-1-3-6(4-2-5)19-10(13,14)15/h1-4,7,16H,(H,17,18). The monoisotopic (exact) mass is 302 g/mol. The van der Waals surface area contributed by atoms with Crippen LogP contribution < -0.4 is 0 Å². The highest BCUT2D eigenvalue weighted by molar-refractivity contribution is 8.00. The molecule has 1 rings (SSSR count). The van der Waals surface area contributed by atoms with Crippen LogP contribution in [0.3, 0.4) is 0 Å². The van der Waals surface area contributed by atoms with Gasteiger partial charge in [-0.25, -0.2) is 4.79 Å². The smallest absolute Gasteiger partial charge is 0.446 e. The third kappa shape index (κ3) is 4.06. The molecular formula is C10H7F5O3S. The van der Waals surface area contributed by atoms with Crippen LogP contribution in [-0.2, 0) is 4.79 Å². The molecule has 0 spiro atoms. The molecule has 1 unspecified atom stereocenters. The highest BCUT2D eigenvalue weighted by Gasteiger charge is 2.47. The number of carboxylic acids is 1. The van der Waals surface area contributed by atoms with Crippen LogP contribution in [0.5, 0.6) is 0 Å². The second-order valence-corrected chi connectivity index (χ2v) is 4.59. The molecular weight excluding hydrogens is 295 g/mol. The fourth-order valence-electron chi connectivity index (χ4n) is 1.18. The van der Waals surface area contributed by atoms with Crippen molar-refractivity contribution in [1.29, 1.82) is 0 Å². The Bertz CT molecular complexity index is 457. The van der Waals surface area contributed by atoms with Crippen LogP contribution in [0.25, 0.3) is 0 Å². The molecule has 0 amide bonds. The Balaban J connectivity index is 2.90. The quantitative estimate of drug-likeness (QED) is 0.663. The lowest BCUT2D eigenvalue weighted by Gasteiger charge is -2.18. The molecule has 1 atom stereocenters. The molecule has 0 aliphatic carbocycles. The van der Waals surface area contributed by atoms with Gasteiger partial charge in [-0.15, -0.1) is 0 Å². The normalized spacial score (nSPS) is 14.2. The predicted molar refractivity (Wildman–Crippen MR) is 55.9 cm³/mol. The Kier molecular flexibility index (Phi) is 4.41. The molecule has 0 saturated carbocycles. The summed E-state index contributed by atoms with van der Waals surface area (Å²) in [5, 5.41) is 17.4. The SMILES string of the molecule is O=C(O)C(F)(F)C(O)c1ccc(SC(F)(F)F)cc1. The number of alkyl halides is 5. The molecule has 0 fully saturated rings. The van der Waals surface area contributed by atoms with Crippen molar-refractivity contribution in [3.8, 4) is 0 Å². The average Bonchev–Trinajstić information content (AvgIpc) is 2.26. The van der Waals surface area contributed by atoms with Gasteiger partial charge in [-0.05, 0) is 29.5 Å². The van der Waals surface area contributed by atoms with Gasteiger partial charge in [0.05, 0.1) is 0 Å². The molecule has 1 aromatic rings. The van der Waals surface area contributed by atoms with E-state index in [1.807, 2.05) is 0 Å². The Hall–Kier alpha value is -1.35. The first-order chi connectivity index (χ1) is 8.54. The van der Waals surface area contributed by atoms with Crippen LogP contribution in [-0.4, -0.2) is 27.6 Å². The summed E-state index contributed by atoms with van der Waals surface area (Å²) in [6.07, 6.45) is -2.63.